The fourth-order valence-corrected chi connectivity index (χ4v) is 1.28. The van der Waals surface area contributed by atoms with E-state index in [2.05, 4.69) is 0 Å². The summed E-state index contributed by atoms with van der Waals surface area (Å²) >= 11 is 5.86. The van der Waals surface area contributed by atoms with Gasteiger partial charge in [-0.05, 0) is 31.5 Å². The van der Waals surface area contributed by atoms with Crippen molar-refractivity contribution in [1.82, 2.24) is 0 Å². The number of nitrogens with two attached hydrogens (primary N) is 1. The first kappa shape index (κ1) is 11.9. The van der Waals surface area contributed by atoms with Gasteiger partial charge >= 0.3 is 0 Å². The van der Waals surface area contributed by atoms with Crippen LogP contribution < -0.4 is 10.5 Å². The number of rotatable bonds is 4. The van der Waals surface area contributed by atoms with Gasteiger partial charge in [0.15, 0.2) is 0 Å². The predicted molar refractivity (Wildman–Crippen MR) is 62.8 cm³/mol. The first-order chi connectivity index (χ1) is 7.04. The molecule has 1 atom stereocenters. The third-order valence-corrected chi connectivity index (χ3v) is 2.37. The Kier molecular flexibility index (Phi) is 3.97. The fourth-order valence-electron chi connectivity index (χ4n) is 1.12. The normalized spacial score (nSPS) is 12.2. The van der Waals surface area contributed by atoms with Crippen LogP contribution in [-0.4, -0.2) is 11.9 Å². The topological polar surface area (TPSA) is 59.1 Å². The summed E-state index contributed by atoms with van der Waals surface area (Å²) in [6, 6.07) is 5.08. The number of ether oxygens (including phenoxy) is 1. The minimum Gasteiger partial charge on any atom is -0.490 e. The molecule has 0 saturated carbocycles. The van der Waals surface area contributed by atoms with E-state index in [0.717, 1.165) is 6.42 Å². The number of amidine groups is 1. The molecule has 1 rings (SSSR count). The summed E-state index contributed by atoms with van der Waals surface area (Å²) in [6.45, 7) is 3.99. The Morgan fingerprint density at radius 1 is 1.60 bits per heavy atom. The van der Waals surface area contributed by atoms with Crippen LogP contribution in [0.25, 0.3) is 0 Å². The second-order valence-corrected chi connectivity index (χ2v) is 3.83. The van der Waals surface area contributed by atoms with Crippen LogP contribution in [0.1, 0.15) is 25.8 Å². The molecule has 0 aromatic heterocycles. The first-order valence-corrected chi connectivity index (χ1v) is 5.23. The summed E-state index contributed by atoms with van der Waals surface area (Å²) in [5.74, 6) is 0.564. The van der Waals surface area contributed by atoms with Gasteiger partial charge in [0.05, 0.1) is 11.7 Å². The van der Waals surface area contributed by atoms with Crippen LogP contribution in [0.4, 0.5) is 0 Å². The van der Waals surface area contributed by atoms with Crippen molar-refractivity contribution in [2.45, 2.75) is 26.4 Å². The highest BCUT2D eigenvalue weighted by molar-refractivity contribution is 6.30. The largest absolute Gasteiger partial charge is 0.490 e. The number of benzene rings is 1. The third-order valence-electron chi connectivity index (χ3n) is 2.14. The standard InChI is InChI=1S/C11H15ClN2O/c1-3-7(2)15-10-6-8(12)4-5-9(10)11(13)14/h4-7H,3H2,1-2H3,(H3,13,14). The van der Waals surface area contributed by atoms with E-state index in [-0.39, 0.29) is 11.9 Å². The molecule has 15 heavy (non-hydrogen) atoms. The molecule has 1 aromatic rings. The van der Waals surface area contributed by atoms with Crippen LogP contribution in [0, 0.1) is 5.41 Å². The molecule has 0 fully saturated rings. The van der Waals surface area contributed by atoms with Gasteiger partial charge in [0.25, 0.3) is 0 Å². The zero-order valence-corrected chi connectivity index (χ0v) is 9.64. The molecule has 4 heteroatoms. The Morgan fingerprint density at radius 3 is 2.80 bits per heavy atom. The molecule has 0 saturated heterocycles. The average Bonchev–Trinajstić information content (AvgIpc) is 2.17. The van der Waals surface area contributed by atoms with Crippen LogP contribution in [0.5, 0.6) is 5.75 Å². The Labute approximate surface area is 94.7 Å². The lowest BCUT2D eigenvalue weighted by Gasteiger charge is -2.15. The van der Waals surface area contributed by atoms with Gasteiger partial charge in [-0.1, -0.05) is 18.5 Å². The molecule has 1 aromatic carbocycles. The molecule has 0 aliphatic heterocycles. The van der Waals surface area contributed by atoms with Crippen molar-refractivity contribution >= 4 is 17.4 Å². The molecule has 3 nitrogen and oxygen atoms in total. The molecule has 0 bridgehead atoms. The zero-order chi connectivity index (χ0) is 11.4. The maximum absolute atomic E-state index is 7.40. The van der Waals surface area contributed by atoms with E-state index in [9.17, 15) is 0 Å². The highest BCUT2D eigenvalue weighted by atomic mass is 35.5. The van der Waals surface area contributed by atoms with Crippen molar-refractivity contribution < 1.29 is 4.74 Å². The van der Waals surface area contributed by atoms with E-state index in [0.29, 0.717) is 16.3 Å². The van der Waals surface area contributed by atoms with E-state index in [1.807, 2.05) is 13.8 Å². The summed E-state index contributed by atoms with van der Waals surface area (Å²) in [5, 5.41) is 7.98. The monoisotopic (exact) mass is 226 g/mol. The van der Waals surface area contributed by atoms with Crippen molar-refractivity contribution in [3.05, 3.63) is 28.8 Å². The van der Waals surface area contributed by atoms with E-state index >= 15 is 0 Å². The Hall–Kier alpha value is -1.22. The van der Waals surface area contributed by atoms with Crippen LogP contribution in [0.3, 0.4) is 0 Å². The summed E-state index contributed by atoms with van der Waals surface area (Å²) in [4.78, 5) is 0. The summed E-state index contributed by atoms with van der Waals surface area (Å²) in [6.07, 6.45) is 0.978. The second-order valence-electron chi connectivity index (χ2n) is 3.39. The molecule has 0 amide bonds. The minimum atomic E-state index is -0.00929. The first-order valence-electron chi connectivity index (χ1n) is 4.85. The number of hydrogen-bond donors (Lipinski definition) is 2. The van der Waals surface area contributed by atoms with Crippen molar-refractivity contribution in [1.29, 1.82) is 5.41 Å². The lowest BCUT2D eigenvalue weighted by atomic mass is 10.2. The lowest BCUT2D eigenvalue weighted by molar-refractivity contribution is 0.217. The number of nitrogens with one attached hydrogen (secondary N) is 1. The van der Waals surface area contributed by atoms with Gasteiger partial charge in [-0.2, -0.15) is 0 Å². The van der Waals surface area contributed by atoms with Crippen molar-refractivity contribution in [2.24, 2.45) is 5.73 Å². The molecule has 0 aliphatic rings. The molecule has 3 N–H and O–H groups in total. The molecule has 0 aliphatic carbocycles. The maximum Gasteiger partial charge on any atom is 0.132 e. The quantitative estimate of drug-likeness (QED) is 0.613. The molecule has 0 spiro atoms. The van der Waals surface area contributed by atoms with Gasteiger partial charge in [-0.25, -0.2) is 0 Å². The van der Waals surface area contributed by atoms with Gasteiger partial charge in [0, 0.05) is 5.02 Å². The van der Waals surface area contributed by atoms with E-state index in [1.165, 1.54) is 0 Å². The van der Waals surface area contributed by atoms with Crippen LogP contribution >= 0.6 is 11.6 Å². The second kappa shape index (κ2) is 5.03. The zero-order valence-electron chi connectivity index (χ0n) is 8.88. The smallest absolute Gasteiger partial charge is 0.132 e. The van der Waals surface area contributed by atoms with Gasteiger partial charge < -0.3 is 10.5 Å². The van der Waals surface area contributed by atoms with Gasteiger partial charge in [0.2, 0.25) is 0 Å². The van der Waals surface area contributed by atoms with E-state index < -0.39 is 0 Å². The Bertz CT molecular complexity index is 366. The molecular formula is C11H15ClN2O. The maximum atomic E-state index is 7.40. The highest BCUT2D eigenvalue weighted by Gasteiger charge is 2.09. The lowest BCUT2D eigenvalue weighted by Crippen LogP contribution is -2.16. The van der Waals surface area contributed by atoms with Crippen LogP contribution in [0.15, 0.2) is 18.2 Å². The molecule has 82 valence electrons. The van der Waals surface area contributed by atoms with Crippen LogP contribution in [-0.2, 0) is 0 Å². The average molecular weight is 227 g/mol. The molecule has 0 radical (unpaired) electrons. The van der Waals surface area contributed by atoms with Crippen molar-refractivity contribution in [3.8, 4) is 5.75 Å². The molecular weight excluding hydrogens is 212 g/mol. The Morgan fingerprint density at radius 2 is 2.27 bits per heavy atom. The van der Waals surface area contributed by atoms with Gasteiger partial charge in [-0.15, -0.1) is 0 Å². The summed E-state index contributed by atoms with van der Waals surface area (Å²) in [7, 11) is 0. The number of nitrogen functional groups attached to an aromatic ring is 1. The summed E-state index contributed by atoms with van der Waals surface area (Å²) in [5.41, 5.74) is 6.03. The van der Waals surface area contributed by atoms with E-state index in [1.54, 1.807) is 18.2 Å². The summed E-state index contributed by atoms with van der Waals surface area (Å²) < 4.78 is 5.63. The van der Waals surface area contributed by atoms with E-state index in [4.69, 9.17) is 27.5 Å². The van der Waals surface area contributed by atoms with Crippen LogP contribution in [0.2, 0.25) is 5.02 Å². The van der Waals surface area contributed by atoms with Crippen molar-refractivity contribution in [3.63, 3.8) is 0 Å². The number of halogens is 1. The van der Waals surface area contributed by atoms with Crippen molar-refractivity contribution in [2.75, 3.05) is 0 Å². The number of hydrogen-bond acceptors (Lipinski definition) is 2. The van der Waals surface area contributed by atoms with Gasteiger partial charge in [0.1, 0.15) is 11.6 Å². The molecule has 0 heterocycles. The third kappa shape index (κ3) is 3.13. The molecule has 1 unspecified atom stereocenters. The highest BCUT2D eigenvalue weighted by Crippen LogP contribution is 2.24. The fraction of sp³-hybridized carbons (Fsp3) is 0.364. The predicted octanol–water partition coefficient (Wildman–Crippen LogP) is 2.80. The SMILES string of the molecule is CCC(C)Oc1cc(Cl)ccc1C(=N)N. The minimum absolute atomic E-state index is 0.00929. The Balaban J connectivity index is 3.02. The van der Waals surface area contributed by atoms with Gasteiger partial charge in [-0.3, -0.25) is 5.41 Å².